The molecule has 0 aliphatic carbocycles. The number of benzene rings is 2. The summed E-state index contributed by atoms with van der Waals surface area (Å²) < 4.78 is 0. The summed E-state index contributed by atoms with van der Waals surface area (Å²) in [5.74, 6) is 1.08. The van der Waals surface area contributed by atoms with Crippen molar-refractivity contribution in [2.24, 2.45) is 0 Å². The summed E-state index contributed by atoms with van der Waals surface area (Å²) in [5.41, 5.74) is 6.17. The van der Waals surface area contributed by atoms with E-state index >= 15 is 0 Å². The average molecular weight is 334 g/mol. The van der Waals surface area contributed by atoms with Crippen molar-refractivity contribution in [2.75, 3.05) is 24.5 Å². The summed E-state index contributed by atoms with van der Waals surface area (Å²) in [5, 5.41) is 3.70. The van der Waals surface area contributed by atoms with Crippen molar-refractivity contribution in [3.05, 3.63) is 59.4 Å². The molecule has 25 heavy (non-hydrogen) atoms. The number of hydrogen-bond acceptors (Lipinski definition) is 3. The molecular formula is C21H26N4. The lowest BCUT2D eigenvalue weighted by Gasteiger charge is -2.18. The van der Waals surface area contributed by atoms with Crippen LogP contribution in [0.2, 0.25) is 0 Å². The van der Waals surface area contributed by atoms with Crippen molar-refractivity contribution >= 4 is 16.7 Å². The minimum Gasteiger partial charge on any atom is -0.370 e. The van der Waals surface area contributed by atoms with Crippen LogP contribution in [-0.2, 0) is 6.42 Å². The lowest BCUT2D eigenvalue weighted by atomic mass is 10.1. The number of aromatic amines is 1. The highest BCUT2D eigenvalue weighted by molar-refractivity contribution is 5.79. The van der Waals surface area contributed by atoms with E-state index in [0.717, 1.165) is 42.9 Å². The van der Waals surface area contributed by atoms with Gasteiger partial charge in [-0.05, 0) is 49.6 Å². The summed E-state index contributed by atoms with van der Waals surface area (Å²) in [6.45, 7) is 7.47. The molecule has 2 aromatic carbocycles. The number of imidazole rings is 1. The predicted octanol–water partition coefficient (Wildman–Crippen LogP) is 3.59. The Morgan fingerprint density at radius 1 is 1.16 bits per heavy atom. The van der Waals surface area contributed by atoms with Gasteiger partial charge in [0, 0.05) is 37.8 Å². The van der Waals surface area contributed by atoms with Crippen molar-refractivity contribution in [1.29, 1.82) is 0 Å². The summed E-state index contributed by atoms with van der Waals surface area (Å²) in [7, 11) is 0. The lowest BCUT2D eigenvalue weighted by Crippen LogP contribution is -2.34. The minimum atomic E-state index is 0.563. The van der Waals surface area contributed by atoms with Gasteiger partial charge in [-0.2, -0.15) is 0 Å². The first-order valence-corrected chi connectivity index (χ1v) is 9.19. The van der Waals surface area contributed by atoms with Crippen LogP contribution >= 0.6 is 0 Å². The van der Waals surface area contributed by atoms with Crippen LogP contribution in [0, 0.1) is 13.8 Å². The van der Waals surface area contributed by atoms with Gasteiger partial charge in [-0.1, -0.05) is 24.3 Å². The van der Waals surface area contributed by atoms with E-state index in [2.05, 4.69) is 71.5 Å². The lowest BCUT2D eigenvalue weighted by molar-refractivity contribution is 0.550. The number of aryl methyl sites for hydroxylation is 2. The van der Waals surface area contributed by atoms with Crippen LogP contribution in [-0.4, -0.2) is 35.6 Å². The van der Waals surface area contributed by atoms with Gasteiger partial charge in [0.2, 0.25) is 0 Å². The van der Waals surface area contributed by atoms with Gasteiger partial charge in [0.25, 0.3) is 0 Å². The van der Waals surface area contributed by atoms with E-state index in [1.807, 2.05) is 0 Å². The van der Waals surface area contributed by atoms with Crippen molar-refractivity contribution < 1.29 is 0 Å². The van der Waals surface area contributed by atoms with Crippen LogP contribution in [0.25, 0.3) is 11.0 Å². The van der Waals surface area contributed by atoms with Crippen LogP contribution in [0.15, 0.2) is 42.5 Å². The Hall–Kier alpha value is -2.33. The SMILES string of the molecule is Cc1ccc2[nH]c(CCNC3CCN(c4ccccc4)C3)nc2c1C. The van der Waals surface area contributed by atoms with Crippen molar-refractivity contribution in [3.8, 4) is 0 Å². The molecule has 1 atom stereocenters. The smallest absolute Gasteiger partial charge is 0.108 e. The fourth-order valence-electron chi connectivity index (χ4n) is 3.68. The molecule has 1 aliphatic heterocycles. The van der Waals surface area contributed by atoms with E-state index in [0.29, 0.717) is 6.04 Å². The molecule has 130 valence electrons. The van der Waals surface area contributed by atoms with Gasteiger partial charge < -0.3 is 15.2 Å². The molecule has 1 aliphatic rings. The first-order valence-electron chi connectivity index (χ1n) is 9.19. The molecule has 2 N–H and O–H groups in total. The molecule has 0 spiro atoms. The maximum atomic E-state index is 4.79. The topological polar surface area (TPSA) is 44.0 Å². The predicted molar refractivity (Wildman–Crippen MR) is 104 cm³/mol. The Labute approximate surface area is 149 Å². The fraction of sp³-hybridized carbons (Fsp3) is 0.381. The molecule has 2 heterocycles. The quantitative estimate of drug-likeness (QED) is 0.749. The van der Waals surface area contributed by atoms with E-state index in [-0.39, 0.29) is 0 Å². The highest BCUT2D eigenvalue weighted by atomic mass is 15.2. The van der Waals surface area contributed by atoms with Gasteiger partial charge in [0.1, 0.15) is 5.82 Å². The van der Waals surface area contributed by atoms with Crippen LogP contribution < -0.4 is 10.2 Å². The normalized spacial score (nSPS) is 17.5. The Balaban J connectivity index is 1.32. The molecule has 1 fully saturated rings. The second kappa shape index (κ2) is 6.89. The Morgan fingerprint density at radius 2 is 2.00 bits per heavy atom. The first-order chi connectivity index (χ1) is 12.2. The van der Waals surface area contributed by atoms with E-state index in [1.165, 1.54) is 23.2 Å². The van der Waals surface area contributed by atoms with E-state index in [4.69, 9.17) is 4.98 Å². The van der Waals surface area contributed by atoms with E-state index < -0.39 is 0 Å². The summed E-state index contributed by atoms with van der Waals surface area (Å²) >= 11 is 0. The zero-order valence-electron chi connectivity index (χ0n) is 15.0. The second-order valence-electron chi connectivity index (χ2n) is 7.06. The van der Waals surface area contributed by atoms with Gasteiger partial charge in [-0.25, -0.2) is 4.98 Å². The largest absolute Gasteiger partial charge is 0.370 e. The van der Waals surface area contributed by atoms with Gasteiger partial charge in [0.15, 0.2) is 0 Å². The van der Waals surface area contributed by atoms with Gasteiger partial charge in [0.05, 0.1) is 11.0 Å². The molecule has 3 aromatic rings. The zero-order valence-corrected chi connectivity index (χ0v) is 15.0. The van der Waals surface area contributed by atoms with Crippen molar-refractivity contribution in [3.63, 3.8) is 0 Å². The molecule has 4 rings (SSSR count). The summed E-state index contributed by atoms with van der Waals surface area (Å²) in [4.78, 5) is 10.7. The number of fused-ring (bicyclic) bond motifs is 1. The highest BCUT2D eigenvalue weighted by Gasteiger charge is 2.21. The number of nitrogens with one attached hydrogen (secondary N) is 2. The molecule has 1 aromatic heterocycles. The molecule has 0 saturated carbocycles. The molecule has 0 radical (unpaired) electrons. The van der Waals surface area contributed by atoms with E-state index in [1.54, 1.807) is 0 Å². The molecule has 0 bridgehead atoms. The Kier molecular flexibility index (Phi) is 4.45. The van der Waals surface area contributed by atoms with Crippen LogP contribution in [0.5, 0.6) is 0 Å². The van der Waals surface area contributed by atoms with Gasteiger partial charge >= 0.3 is 0 Å². The van der Waals surface area contributed by atoms with Crippen molar-refractivity contribution in [1.82, 2.24) is 15.3 Å². The maximum absolute atomic E-state index is 4.79. The molecule has 1 saturated heterocycles. The fourth-order valence-corrected chi connectivity index (χ4v) is 3.68. The maximum Gasteiger partial charge on any atom is 0.108 e. The number of aromatic nitrogens is 2. The Bertz CT molecular complexity index is 853. The number of H-pyrrole nitrogens is 1. The van der Waals surface area contributed by atoms with Crippen LogP contribution in [0.1, 0.15) is 23.4 Å². The third-order valence-corrected chi connectivity index (χ3v) is 5.33. The summed E-state index contributed by atoms with van der Waals surface area (Å²) in [6.07, 6.45) is 2.14. The monoisotopic (exact) mass is 334 g/mol. The molecule has 4 heteroatoms. The number of para-hydroxylation sites is 1. The number of anilines is 1. The third-order valence-electron chi connectivity index (χ3n) is 5.33. The number of nitrogens with zero attached hydrogens (tertiary/aromatic N) is 2. The molecule has 0 amide bonds. The number of hydrogen-bond donors (Lipinski definition) is 2. The molecule has 1 unspecified atom stereocenters. The zero-order chi connectivity index (χ0) is 17.2. The molecular weight excluding hydrogens is 308 g/mol. The second-order valence-corrected chi connectivity index (χ2v) is 7.06. The number of rotatable bonds is 5. The van der Waals surface area contributed by atoms with Gasteiger partial charge in [-0.15, -0.1) is 0 Å². The standard InChI is InChI=1S/C21H26N4/c1-15-8-9-19-21(16(15)2)24-20(23-19)10-12-22-17-11-13-25(14-17)18-6-4-3-5-7-18/h3-9,17,22H,10-14H2,1-2H3,(H,23,24). The Morgan fingerprint density at radius 3 is 2.84 bits per heavy atom. The highest BCUT2D eigenvalue weighted by Crippen LogP contribution is 2.21. The third kappa shape index (κ3) is 3.40. The van der Waals surface area contributed by atoms with Crippen LogP contribution in [0.4, 0.5) is 5.69 Å². The minimum absolute atomic E-state index is 0.563. The van der Waals surface area contributed by atoms with Gasteiger partial charge in [-0.3, -0.25) is 0 Å². The summed E-state index contributed by atoms with van der Waals surface area (Å²) in [6, 6.07) is 15.6. The van der Waals surface area contributed by atoms with E-state index in [9.17, 15) is 0 Å². The molecule has 4 nitrogen and oxygen atoms in total. The average Bonchev–Trinajstić information content (AvgIpc) is 3.26. The van der Waals surface area contributed by atoms with Crippen LogP contribution in [0.3, 0.4) is 0 Å². The van der Waals surface area contributed by atoms with Crippen molar-refractivity contribution in [2.45, 2.75) is 32.7 Å². The first kappa shape index (κ1) is 16.2.